The van der Waals surface area contributed by atoms with E-state index in [0.29, 0.717) is 6.07 Å². The number of H-pyrrole nitrogens is 1. The summed E-state index contributed by atoms with van der Waals surface area (Å²) in [5, 5.41) is 1.12. The van der Waals surface area contributed by atoms with Gasteiger partial charge in [0.2, 0.25) is 0 Å². The van der Waals surface area contributed by atoms with Crippen LogP contribution in [0.25, 0.3) is 31.8 Å². The molecular weight excluding hydrogens is 452 g/mol. The molecule has 2 N–H and O–H groups in total. The van der Waals surface area contributed by atoms with E-state index < -0.39 is 26.6 Å². The number of sulfonamides is 1. The largest absolute Gasteiger partial charge is 0.361 e. The van der Waals surface area contributed by atoms with Crippen molar-refractivity contribution in [3.05, 3.63) is 90.9 Å². The van der Waals surface area contributed by atoms with Crippen LogP contribution in [0.2, 0.25) is 0 Å². The molecule has 0 radical (unpaired) electrons. The van der Waals surface area contributed by atoms with Gasteiger partial charge in [-0.25, -0.2) is 17.2 Å². The summed E-state index contributed by atoms with van der Waals surface area (Å²) in [5.41, 5.74) is 3.05. The monoisotopic (exact) mass is 467 g/mol. The normalized spacial score (nSPS) is 11.7. The molecule has 3 aromatic heterocycles. The molecule has 0 aliphatic rings. The van der Waals surface area contributed by atoms with Crippen LogP contribution < -0.4 is 4.72 Å². The Morgan fingerprint density at radius 1 is 0.844 bits per heavy atom. The predicted molar refractivity (Wildman–Crippen MR) is 122 cm³/mol. The SMILES string of the molecule is O=S(=O)(Nc1cncc(-c2ccc(-c3ccc4[nH]ccc4c3)s2)c1)c1cc(F)cc(F)c1. The van der Waals surface area contributed by atoms with Crippen LogP contribution in [0.15, 0.2) is 84.1 Å². The van der Waals surface area contributed by atoms with Crippen molar-refractivity contribution in [2.24, 2.45) is 0 Å². The zero-order chi connectivity index (χ0) is 22.3. The van der Waals surface area contributed by atoms with Gasteiger partial charge in [-0.2, -0.15) is 0 Å². The number of aromatic nitrogens is 2. The van der Waals surface area contributed by atoms with Gasteiger partial charge in [0.15, 0.2) is 0 Å². The van der Waals surface area contributed by atoms with E-state index in [1.807, 2.05) is 36.5 Å². The molecule has 5 nitrogen and oxygen atoms in total. The van der Waals surface area contributed by atoms with E-state index in [0.717, 1.165) is 43.9 Å². The molecule has 0 bridgehead atoms. The topological polar surface area (TPSA) is 74.8 Å². The molecule has 9 heteroatoms. The molecule has 5 aromatic rings. The zero-order valence-corrected chi connectivity index (χ0v) is 18.0. The standard InChI is InChI=1S/C23H15F2N3O2S2/c24-17-9-18(25)11-20(10-17)32(29,30)28-19-8-16(12-26-13-19)23-4-3-22(31-23)15-1-2-21-14(7-15)5-6-27-21/h1-13,27-28H. The average Bonchev–Trinajstić information content (AvgIpc) is 3.42. The van der Waals surface area contributed by atoms with Gasteiger partial charge in [0, 0.05) is 39.3 Å². The Hall–Kier alpha value is -3.56. The van der Waals surface area contributed by atoms with E-state index in [2.05, 4.69) is 20.8 Å². The fourth-order valence-electron chi connectivity index (χ4n) is 3.38. The highest BCUT2D eigenvalue weighted by atomic mass is 32.2. The number of nitrogens with one attached hydrogen (secondary N) is 2. The number of halogens is 2. The summed E-state index contributed by atoms with van der Waals surface area (Å²) in [6.45, 7) is 0. The third-order valence-electron chi connectivity index (χ3n) is 4.87. The Morgan fingerprint density at radius 2 is 1.59 bits per heavy atom. The van der Waals surface area contributed by atoms with Gasteiger partial charge in [-0.15, -0.1) is 11.3 Å². The highest BCUT2D eigenvalue weighted by Gasteiger charge is 2.17. The lowest BCUT2D eigenvalue weighted by molar-refractivity contribution is 0.568. The van der Waals surface area contributed by atoms with Gasteiger partial charge in [-0.1, -0.05) is 6.07 Å². The quantitative estimate of drug-likeness (QED) is 0.331. The van der Waals surface area contributed by atoms with Crippen LogP contribution in [0.1, 0.15) is 0 Å². The lowest BCUT2D eigenvalue weighted by Crippen LogP contribution is -2.13. The Labute approximate surface area is 186 Å². The van der Waals surface area contributed by atoms with Crippen molar-refractivity contribution in [2.45, 2.75) is 4.90 Å². The molecule has 5 rings (SSSR count). The third kappa shape index (κ3) is 4.00. The van der Waals surface area contributed by atoms with Crippen LogP contribution >= 0.6 is 11.3 Å². The maximum absolute atomic E-state index is 13.4. The first-order chi connectivity index (χ1) is 15.4. The molecule has 0 fully saturated rings. The number of anilines is 1. The number of fused-ring (bicyclic) bond motifs is 1. The van der Waals surface area contributed by atoms with Crippen LogP contribution in [0, 0.1) is 11.6 Å². The number of hydrogen-bond acceptors (Lipinski definition) is 4. The summed E-state index contributed by atoms with van der Waals surface area (Å²) in [5.74, 6) is -1.94. The molecular formula is C23H15F2N3O2S2. The minimum atomic E-state index is -4.18. The Balaban J connectivity index is 1.43. The maximum Gasteiger partial charge on any atom is 0.262 e. The Morgan fingerprint density at radius 3 is 2.38 bits per heavy atom. The van der Waals surface area contributed by atoms with Crippen LogP contribution in [0.5, 0.6) is 0 Å². The molecule has 0 amide bonds. The van der Waals surface area contributed by atoms with Gasteiger partial charge in [-0.05, 0) is 59.5 Å². The van der Waals surface area contributed by atoms with E-state index in [9.17, 15) is 17.2 Å². The number of benzene rings is 2. The summed E-state index contributed by atoms with van der Waals surface area (Å²) in [6.07, 6.45) is 4.86. The molecule has 3 heterocycles. The van der Waals surface area contributed by atoms with Crippen molar-refractivity contribution in [3.63, 3.8) is 0 Å². The second-order valence-corrected chi connectivity index (χ2v) is 9.88. The number of nitrogens with zero attached hydrogens (tertiary/aromatic N) is 1. The molecule has 160 valence electrons. The van der Waals surface area contributed by atoms with E-state index >= 15 is 0 Å². The van der Waals surface area contributed by atoms with Gasteiger partial charge >= 0.3 is 0 Å². The smallest absolute Gasteiger partial charge is 0.262 e. The summed E-state index contributed by atoms with van der Waals surface area (Å²) in [7, 11) is -4.18. The molecule has 0 spiro atoms. The Bertz CT molecular complexity index is 1540. The molecule has 0 aliphatic carbocycles. The van der Waals surface area contributed by atoms with Crippen molar-refractivity contribution in [1.29, 1.82) is 0 Å². The van der Waals surface area contributed by atoms with Gasteiger partial charge in [0.1, 0.15) is 11.6 Å². The zero-order valence-electron chi connectivity index (χ0n) is 16.3. The van der Waals surface area contributed by atoms with Gasteiger partial charge in [-0.3, -0.25) is 9.71 Å². The second-order valence-electron chi connectivity index (χ2n) is 7.12. The summed E-state index contributed by atoms with van der Waals surface area (Å²) >= 11 is 1.55. The number of thiophene rings is 1. The maximum atomic E-state index is 13.4. The second kappa shape index (κ2) is 7.85. The fourth-order valence-corrected chi connectivity index (χ4v) is 5.44. The number of pyridine rings is 1. The first kappa shape index (κ1) is 20.3. The van der Waals surface area contributed by atoms with E-state index in [1.165, 1.54) is 6.20 Å². The third-order valence-corrected chi connectivity index (χ3v) is 7.41. The molecule has 2 aromatic carbocycles. The first-order valence-corrected chi connectivity index (χ1v) is 11.8. The minimum absolute atomic E-state index is 0.191. The molecule has 0 atom stereocenters. The molecule has 0 aliphatic heterocycles. The molecule has 0 unspecified atom stereocenters. The van der Waals surface area contributed by atoms with Gasteiger partial charge in [0.05, 0.1) is 16.8 Å². The van der Waals surface area contributed by atoms with Crippen LogP contribution in [0.4, 0.5) is 14.5 Å². The predicted octanol–water partition coefficient (Wildman–Crippen LogP) is 6.04. The van der Waals surface area contributed by atoms with Crippen molar-refractivity contribution in [2.75, 3.05) is 4.72 Å². The number of rotatable bonds is 5. The van der Waals surface area contributed by atoms with Crippen molar-refractivity contribution in [1.82, 2.24) is 9.97 Å². The molecule has 32 heavy (non-hydrogen) atoms. The minimum Gasteiger partial charge on any atom is -0.361 e. The Kier molecular flexibility index (Phi) is 4.99. The lowest BCUT2D eigenvalue weighted by Gasteiger charge is -2.09. The average molecular weight is 468 g/mol. The number of hydrogen-bond donors (Lipinski definition) is 2. The summed E-state index contributed by atoms with van der Waals surface area (Å²) < 4.78 is 54.3. The molecule has 0 saturated carbocycles. The van der Waals surface area contributed by atoms with E-state index in [-0.39, 0.29) is 5.69 Å². The number of aromatic amines is 1. The molecule has 0 saturated heterocycles. The first-order valence-electron chi connectivity index (χ1n) is 9.49. The van der Waals surface area contributed by atoms with E-state index in [1.54, 1.807) is 23.6 Å². The van der Waals surface area contributed by atoms with Crippen LogP contribution in [-0.4, -0.2) is 18.4 Å². The fraction of sp³-hybridized carbons (Fsp3) is 0. The van der Waals surface area contributed by atoms with Gasteiger partial charge < -0.3 is 4.98 Å². The van der Waals surface area contributed by atoms with Gasteiger partial charge in [0.25, 0.3) is 10.0 Å². The van der Waals surface area contributed by atoms with E-state index in [4.69, 9.17) is 0 Å². The lowest BCUT2D eigenvalue weighted by atomic mass is 10.1. The highest BCUT2D eigenvalue weighted by Crippen LogP contribution is 2.36. The van der Waals surface area contributed by atoms with Crippen LogP contribution in [0.3, 0.4) is 0 Å². The highest BCUT2D eigenvalue weighted by molar-refractivity contribution is 7.92. The van der Waals surface area contributed by atoms with Crippen molar-refractivity contribution < 1.29 is 17.2 Å². The summed E-state index contributed by atoms with van der Waals surface area (Å²) in [4.78, 5) is 8.75. The summed E-state index contributed by atoms with van der Waals surface area (Å²) in [6, 6.07) is 15.9. The van der Waals surface area contributed by atoms with Crippen molar-refractivity contribution in [3.8, 4) is 20.9 Å². The van der Waals surface area contributed by atoms with Crippen molar-refractivity contribution >= 4 is 38.0 Å². The van der Waals surface area contributed by atoms with Crippen LogP contribution in [-0.2, 0) is 10.0 Å².